The van der Waals surface area contributed by atoms with E-state index in [4.69, 9.17) is 0 Å². The van der Waals surface area contributed by atoms with Crippen LogP contribution in [-0.2, 0) is 4.79 Å². The number of fused-ring (bicyclic) bond motifs is 1. The van der Waals surface area contributed by atoms with E-state index in [-0.39, 0.29) is 11.4 Å². The fourth-order valence-corrected chi connectivity index (χ4v) is 2.72. The second-order valence-corrected chi connectivity index (χ2v) is 5.36. The maximum atomic E-state index is 11.9. The first-order valence-electron chi connectivity index (χ1n) is 5.94. The van der Waals surface area contributed by atoms with Gasteiger partial charge in [0.25, 0.3) is 0 Å². The van der Waals surface area contributed by atoms with Gasteiger partial charge in [0, 0.05) is 12.5 Å². The molecule has 2 nitrogen and oxygen atoms in total. The monoisotopic (exact) mass is 229 g/mol. The van der Waals surface area contributed by atoms with Crippen LogP contribution in [0.3, 0.4) is 0 Å². The average Bonchev–Trinajstić information content (AvgIpc) is 2.17. The number of anilines is 1. The van der Waals surface area contributed by atoms with Crippen LogP contribution in [0.25, 0.3) is 5.57 Å². The number of allylic oxidation sites excluding steroid dienone is 1. The minimum absolute atomic E-state index is 0.0869. The number of carbonyl (C=O) groups is 1. The van der Waals surface area contributed by atoms with Gasteiger partial charge in [-0.05, 0) is 45.4 Å². The van der Waals surface area contributed by atoms with Crippen LogP contribution >= 0.6 is 0 Å². The number of amides is 1. The van der Waals surface area contributed by atoms with Gasteiger partial charge in [0.1, 0.15) is 0 Å². The minimum atomic E-state index is -0.252. The van der Waals surface area contributed by atoms with E-state index in [9.17, 15) is 4.79 Å². The van der Waals surface area contributed by atoms with Gasteiger partial charge in [-0.15, -0.1) is 0 Å². The summed E-state index contributed by atoms with van der Waals surface area (Å²) < 4.78 is 0. The number of benzene rings is 1. The summed E-state index contributed by atoms with van der Waals surface area (Å²) in [6, 6.07) is 6.25. The second-order valence-electron chi connectivity index (χ2n) is 5.36. The van der Waals surface area contributed by atoms with Crippen molar-refractivity contribution >= 4 is 17.2 Å². The van der Waals surface area contributed by atoms with Gasteiger partial charge in [-0.2, -0.15) is 0 Å². The Kier molecular flexibility index (Phi) is 2.61. The molecular formula is C15H19NO. The van der Waals surface area contributed by atoms with Crippen molar-refractivity contribution in [2.75, 3.05) is 4.90 Å². The lowest BCUT2D eigenvalue weighted by molar-refractivity contribution is -0.117. The molecule has 1 aromatic rings. The van der Waals surface area contributed by atoms with E-state index in [1.54, 1.807) is 6.92 Å². The van der Waals surface area contributed by atoms with Crippen LogP contribution in [0.1, 0.15) is 38.8 Å². The molecule has 2 heteroatoms. The number of hydrogen-bond acceptors (Lipinski definition) is 1. The lowest BCUT2D eigenvalue weighted by Crippen LogP contribution is -2.47. The molecule has 0 fully saturated rings. The topological polar surface area (TPSA) is 20.3 Å². The predicted octanol–water partition coefficient (Wildman–Crippen LogP) is 3.54. The van der Waals surface area contributed by atoms with E-state index in [1.165, 1.54) is 16.7 Å². The van der Waals surface area contributed by atoms with Gasteiger partial charge < -0.3 is 4.90 Å². The zero-order valence-corrected chi connectivity index (χ0v) is 11.2. The third kappa shape index (κ3) is 1.88. The van der Waals surface area contributed by atoms with Gasteiger partial charge in [0.2, 0.25) is 5.91 Å². The maximum absolute atomic E-state index is 11.9. The van der Waals surface area contributed by atoms with Crippen LogP contribution in [0.2, 0.25) is 0 Å². The molecule has 1 amide bonds. The molecule has 0 aliphatic carbocycles. The van der Waals surface area contributed by atoms with Gasteiger partial charge in [-0.25, -0.2) is 0 Å². The number of rotatable bonds is 0. The molecule has 1 aromatic carbocycles. The number of hydrogen-bond donors (Lipinski definition) is 0. The molecule has 1 aliphatic rings. The van der Waals surface area contributed by atoms with E-state index in [0.29, 0.717) is 0 Å². The standard InChI is InChI=1S/C15H19NO/c1-10-6-7-14-13(8-10)11(2)9-15(4,5)16(14)12(3)17/h6-9H,1-5H3. The van der Waals surface area contributed by atoms with Crippen LogP contribution in [0.5, 0.6) is 0 Å². The molecule has 0 aromatic heterocycles. The van der Waals surface area contributed by atoms with Gasteiger partial charge in [0.15, 0.2) is 0 Å². The molecular weight excluding hydrogens is 210 g/mol. The van der Waals surface area contributed by atoms with Gasteiger partial charge in [0.05, 0.1) is 11.2 Å². The van der Waals surface area contributed by atoms with Gasteiger partial charge >= 0.3 is 0 Å². The molecule has 0 unspecified atom stereocenters. The molecule has 0 spiro atoms. The molecule has 0 saturated heterocycles. The van der Waals surface area contributed by atoms with E-state index in [1.807, 2.05) is 11.0 Å². The van der Waals surface area contributed by atoms with Crippen LogP contribution < -0.4 is 4.90 Å². The summed E-state index contributed by atoms with van der Waals surface area (Å²) in [5.74, 6) is 0.0869. The highest BCUT2D eigenvalue weighted by atomic mass is 16.2. The van der Waals surface area contributed by atoms with Crippen LogP contribution in [0, 0.1) is 6.92 Å². The lowest BCUT2D eigenvalue weighted by Gasteiger charge is -2.41. The molecule has 17 heavy (non-hydrogen) atoms. The fourth-order valence-electron chi connectivity index (χ4n) is 2.72. The highest BCUT2D eigenvalue weighted by molar-refractivity contribution is 5.99. The largest absolute Gasteiger partial charge is 0.303 e. The second kappa shape index (κ2) is 3.73. The number of carbonyl (C=O) groups excluding carboxylic acids is 1. The number of aryl methyl sites for hydroxylation is 1. The van der Waals surface area contributed by atoms with E-state index < -0.39 is 0 Å². The Morgan fingerprint density at radius 3 is 2.47 bits per heavy atom. The molecule has 0 saturated carbocycles. The molecule has 2 rings (SSSR count). The van der Waals surface area contributed by atoms with E-state index >= 15 is 0 Å². The predicted molar refractivity (Wildman–Crippen MR) is 72.1 cm³/mol. The zero-order chi connectivity index (χ0) is 12.8. The Hall–Kier alpha value is -1.57. The molecule has 1 heterocycles. The molecule has 1 aliphatic heterocycles. The summed E-state index contributed by atoms with van der Waals surface area (Å²) in [5, 5.41) is 0. The Bertz CT molecular complexity index is 512. The molecule has 0 N–H and O–H groups in total. The minimum Gasteiger partial charge on any atom is -0.303 e. The van der Waals surface area contributed by atoms with Crippen molar-refractivity contribution in [1.82, 2.24) is 0 Å². The van der Waals surface area contributed by atoms with E-state index in [2.05, 4.69) is 45.9 Å². The highest BCUT2D eigenvalue weighted by Gasteiger charge is 2.33. The highest BCUT2D eigenvalue weighted by Crippen LogP contribution is 2.39. The fraction of sp³-hybridized carbons (Fsp3) is 0.400. The van der Waals surface area contributed by atoms with Crippen LogP contribution in [0.4, 0.5) is 5.69 Å². The smallest absolute Gasteiger partial charge is 0.224 e. The molecule has 90 valence electrons. The first-order chi connectivity index (χ1) is 7.83. The first kappa shape index (κ1) is 11.9. The summed E-state index contributed by atoms with van der Waals surface area (Å²) in [4.78, 5) is 13.7. The Labute approximate surface area is 103 Å². The van der Waals surface area contributed by atoms with Crippen molar-refractivity contribution in [3.05, 3.63) is 35.4 Å². The third-order valence-electron chi connectivity index (χ3n) is 3.28. The van der Waals surface area contributed by atoms with E-state index in [0.717, 1.165) is 5.69 Å². The van der Waals surface area contributed by atoms with Crippen molar-refractivity contribution in [3.8, 4) is 0 Å². The maximum Gasteiger partial charge on any atom is 0.224 e. The zero-order valence-electron chi connectivity index (χ0n) is 11.2. The average molecular weight is 229 g/mol. The van der Waals surface area contributed by atoms with Crippen molar-refractivity contribution < 1.29 is 4.79 Å². The van der Waals surface area contributed by atoms with Crippen LogP contribution in [-0.4, -0.2) is 11.4 Å². The summed E-state index contributed by atoms with van der Waals surface area (Å²) in [6.07, 6.45) is 2.16. The summed E-state index contributed by atoms with van der Waals surface area (Å²) >= 11 is 0. The summed E-state index contributed by atoms with van der Waals surface area (Å²) in [7, 11) is 0. The quantitative estimate of drug-likeness (QED) is 0.666. The Morgan fingerprint density at radius 1 is 1.24 bits per heavy atom. The Morgan fingerprint density at radius 2 is 1.88 bits per heavy atom. The molecule has 0 radical (unpaired) electrons. The molecule has 0 atom stereocenters. The van der Waals surface area contributed by atoms with Gasteiger partial charge in [-0.3, -0.25) is 4.79 Å². The summed E-state index contributed by atoms with van der Waals surface area (Å²) in [5.41, 5.74) is 4.40. The first-order valence-corrected chi connectivity index (χ1v) is 5.94. The Balaban J connectivity index is 2.69. The van der Waals surface area contributed by atoms with Gasteiger partial charge in [-0.1, -0.05) is 17.7 Å². The van der Waals surface area contributed by atoms with Crippen molar-refractivity contribution in [2.45, 2.75) is 40.2 Å². The number of nitrogens with zero attached hydrogens (tertiary/aromatic N) is 1. The SMILES string of the molecule is CC(=O)N1c2ccc(C)cc2C(C)=CC1(C)C. The lowest BCUT2D eigenvalue weighted by atomic mass is 9.88. The van der Waals surface area contributed by atoms with Crippen molar-refractivity contribution in [3.63, 3.8) is 0 Å². The third-order valence-corrected chi connectivity index (χ3v) is 3.28. The summed E-state index contributed by atoms with van der Waals surface area (Å²) in [6.45, 7) is 9.95. The normalized spacial score (nSPS) is 17.5. The van der Waals surface area contributed by atoms with Crippen molar-refractivity contribution in [2.24, 2.45) is 0 Å². The molecule has 0 bridgehead atoms. The van der Waals surface area contributed by atoms with Crippen LogP contribution in [0.15, 0.2) is 24.3 Å². The van der Waals surface area contributed by atoms with Crippen molar-refractivity contribution in [1.29, 1.82) is 0 Å².